The standard InChI is InChI=1S/C29H26N3/c1-17-13-22-21-9-7-8-10-23(21)32-24-15-19(16-29(3,4)30-5)14-20-11-12-31(6)28(26(20)24)25(18(17)2)27(22)32/h7-15H,16H2,1-4,6H3/q+1. The van der Waals surface area contributed by atoms with Crippen molar-refractivity contribution >= 4 is 49.0 Å². The zero-order valence-electron chi connectivity index (χ0n) is 19.2. The van der Waals surface area contributed by atoms with E-state index in [2.05, 4.69) is 89.4 Å². The molecule has 3 aromatic heterocycles. The molecule has 0 saturated heterocycles. The average molecular weight is 417 g/mol. The van der Waals surface area contributed by atoms with Gasteiger partial charge in [0.2, 0.25) is 11.1 Å². The summed E-state index contributed by atoms with van der Waals surface area (Å²) in [7, 11) is 2.15. The van der Waals surface area contributed by atoms with Crippen LogP contribution in [0.2, 0.25) is 0 Å². The van der Waals surface area contributed by atoms with Gasteiger partial charge >= 0.3 is 0 Å². The van der Waals surface area contributed by atoms with E-state index in [1.165, 1.54) is 65.7 Å². The molecular formula is C29H26N3+. The molecule has 3 heterocycles. The van der Waals surface area contributed by atoms with Crippen molar-refractivity contribution in [3.8, 4) is 0 Å². The van der Waals surface area contributed by atoms with Crippen LogP contribution < -0.4 is 4.57 Å². The highest BCUT2D eigenvalue weighted by atomic mass is 15.0. The molecule has 0 unspecified atom stereocenters. The third kappa shape index (κ3) is 2.38. The Morgan fingerprint density at radius 1 is 0.969 bits per heavy atom. The lowest BCUT2D eigenvalue weighted by Gasteiger charge is -2.16. The molecule has 6 aromatic rings. The van der Waals surface area contributed by atoms with Crippen molar-refractivity contribution in [2.75, 3.05) is 0 Å². The molecular weight excluding hydrogens is 390 g/mol. The molecule has 0 spiro atoms. The Morgan fingerprint density at radius 2 is 1.75 bits per heavy atom. The summed E-state index contributed by atoms with van der Waals surface area (Å²) in [6.07, 6.45) is 2.91. The van der Waals surface area contributed by atoms with Gasteiger partial charge in [-0.25, -0.2) is 11.1 Å². The fourth-order valence-corrected chi connectivity index (χ4v) is 5.56. The van der Waals surface area contributed by atoms with Gasteiger partial charge in [-0.05, 0) is 54.1 Å². The SMILES string of the molecule is [C-]#[N+]C(C)(C)Cc1cc2cc[n+](C)c3c4c(C)c(C)cc5c6ccccc6n(c(c1)c23)c54. The van der Waals surface area contributed by atoms with E-state index in [4.69, 9.17) is 6.57 Å². The van der Waals surface area contributed by atoms with E-state index in [-0.39, 0.29) is 0 Å². The number of para-hydroxylation sites is 1. The molecule has 0 saturated carbocycles. The van der Waals surface area contributed by atoms with Crippen LogP contribution in [0, 0.1) is 20.4 Å². The molecule has 0 aliphatic carbocycles. The first-order valence-electron chi connectivity index (χ1n) is 11.2. The van der Waals surface area contributed by atoms with Gasteiger partial charge in [0.15, 0.2) is 6.20 Å². The average Bonchev–Trinajstić information content (AvgIpc) is 3.09. The summed E-state index contributed by atoms with van der Waals surface area (Å²) in [5.74, 6) is 0. The third-order valence-corrected chi connectivity index (χ3v) is 7.17. The van der Waals surface area contributed by atoms with Crippen LogP contribution in [0.4, 0.5) is 0 Å². The second kappa shape index (κ2) is 6.20. The molecule has 0 radical (unpaired) electrons. The molecule has 3 nitrogen and oxygen atoms in total. The molecule has 6 rings (SSSR count). The van der Waals surface area contributed by atoms with Gasteiger partial charge < -0.3 is 9.25 Å². The number of pyridine rings is 2. The van der Waals surface area contributed by atoms with Crippen LogP contribution in [0.5, 0.6) is 0 Å². The lowest BCUT2D eigenvalue weighted by atomic mass is 9.92. The second-order valence-electron chi connectivity index (χ2n) is 9.90. The predicted molar refractivity (Wildman–Crippen MR) is 134 cm³/mol. The van der Waals surface area contributed by atoms with Crippen LogP contribution in [0.15, 0.2) is 54.7 Å². The Morgan fingerprint density at radius 3 is 2.53 bits per heavy atom. The van der Waals surface area contributed by atoms with Crippen LogP contribution in [0.3, 0.4) is 0 Å². The Hall–Kier alpha value is -3.64. The van der Waals surface area contributed by atoms with E-state index < -0.39 is 5.54 Å². The topological polar surface area (TPSA) is 12.7 Å². The monoisotopic (exact) mass is 416 g/mol. The van der Waals surface area contributed by atoms with E-state index >= 15 is 0 Å². The zero-order chi connectivity index (χ0) is 22.4. The first kappa shape index (κ1) is 19.1. The van der Waals surface area contributed by atoms with Gasteiger partial charge in [0.25, 0.3) is 0 Å². The van der Waals surface area contributed by atoms with E-state index in [1.54, 1.807) is 0 Å². The molecule has 0 amide bonds. The maximum atomic E-state index is 7.62. The molecule has 0 atom stereocenters. The minimum Gasteiger partial charge on any atom is -0.311 e. The lowest BCUT2D eigenvalue weighted by molar-refractivity contribution is -0.643. The number of aromatic nitrogens is 2. The highest BCUT2D eigenvalue weighted by Gasteiger charge is 2.27. The molecule has 0 aliphatic heterocycles. The van der Waals surface area contributed by atoms with E-state index in [0.29, 0.717) is 0 Å². The van der Waals surface area contributed by atoms with Gasteiger partial charge in [-0.15, -0.1) is 0 Å². The summed E-state index contributed by atoms with van der Waals surface area (Å²) >= 11 is 0. The fraction of sp³-hybridized carbons (Fsp3) is 0.241. The molecule has 0 aliphatic rings. The van der Waals surface area contributed by atoms with Gasteiger partial charge in [-0.2, -0.15) is 0 Å². The van der Waals surface area contributed by atoms with Crippen molar-refractivity contribution in [2.45, 2.75) is 39.7 Å². The maximum absolute atomic E-state index is 7.62. The summed E-state index contributed by atoms with van der Waals surface area (Å²) in [5.41, 5.74) is 8.52. The minimum atomic E-state index is -0.420. The van der Waals surface area contributed by atoms with Gasteiger partial charge in [0.1, 0.15) is 7.05 Å². The predicted octanol–water partition coefficient (Wildman–Crippen LogP) is 6.67. The van der Waals surface area contributed by atoms with Crippen molar-refractivity contribution in [3.63, 3.8) is 0 Å². The normalized spacial score (nSPS) is 12.6. The minimum absolute atomic E-state index is 0.420. The number of fused-ring (bicyclic) bond motifs is 5. The number of hydrogen-bond acceptors (Lipinski definition) is 0. The quantitative estimate of drug-likeness (QED) is 0.129. The Bertz CT molecular complexity index is 1760. The molecule has 0 N–H and O–H groups in total. The molecule has 0 bridgehead atoms. The van der Waals surface area contributed by atoms with Crippen molar-refractivity contribution in [2.24, 2.45) is 7.05 Å². The highest BCUT2D eigenvalue weighted by Crippen LogP contribution is 2.42. The van der Waals surface area contributed by atoms with Crippen molar-refractivity contribution < 1.29 is 4.57 Å². The van der Waals surface area contributed by atoms with Crippen molar-refractivity contribution in [1.29, 1.82) is 0 Å². The van der Waals surface area contributed by atoms with Crippen molar-refractivity contribution in [1.82, 2.24) is 4.40 Å². The Labute approximate surface area is 187 Å². The summed E-state index contributed by atoms with van der Waals surface area (Å²) in [5, 5.41) is 6.48. The largest absolute Gasteiger partial charge is 0.311 e. The van der Waals surface area contributed by atoms with E-state index in [1.807, 2.05) is 13.8 Å². The van der Waals surface area contributed by atoms with Crippen LogP contribution in [0.25, 0.3) is 53.8 Å². The third-order valence-electron chi connectivity index (χ3n) is 7.17. The second-order valence-corrected chi connectivity index (χ2v) is 9.90. The molecule has 3 aromatic carbocycles. The molecule has 32 heavy (non-hydrogen) atoms. The molecule has 156 valence electrons. The van der Waals surface area contributed by atoms with Crippen LogP contribution in [0.1, 0.15) is 30.5 Å². The Balaban J connectivity index is 1.96. The smallest absolute Gasteiger partial charge is 0.231 e. The van der Waals surface area contributed by atoms with Gasteiger partial charge in [0, 0.05) is 30.7 Å². The maximum Gasteiger partial charge on any atom is 0.231 e. The number of benzene rings is 3. The van der Waals surface area contributed by atoms with Crippen molar-refractivity contribution in [3.05, 3.63) is 82.8 Å². The van der Waals surface area contributed by atoms with Crippen LogP contribution in [-0.2, 0) is 13.5 Å². The first-order chi connectivity index (χ1) is 15.3. The summed E-state index contributed by atoms with van der Waals surface area (Å²) in [4.78, 5) is 3.87. The summed E-state index contributed by atoms with van der Waals surface area (Å²) in [6, 6.07) is 17.9. The first-order valence-corrected chi connectivity index (χ1v) is 11.2. The lowest BCUT2D eigenvalue weighted by Crippen LogP contribution is -2.29. The van der Waals surface area contributed by atoms with E-state index in [9.17, 15) is 0 Å². The highest BCUT2D eigenvalue weighted by molar-refractivity contribution is 6.26. The van der Waals surface area contributed by atoms with Crippen LogP contribution >= 0.6 is 0 Å². The zero-order valence-corrected chi connectivity index (χ0v) is 19.2. The van der Waals surface area contributed by atoms with Gasteiger partial charge in [0.05, 0.1) is 33.7 Å². The Kier molecular flexibility index (Phi) is 3.70. The molecule has 3 heteroatoms. The van der Waals surface area contributed by atoms with Crippen LogP contribution in [-0.4, -0.2) is 9.94 Å². The number of rotatable bonds is 2. The number of nitrogens with zero attached hydrogens (tertiary/aromatic N) is 3. The van der Waals surface area contributed by atoms with Gasteiger partial charge in [-0.3, -0.25) is 0 Å². The van der Waals surface area contributed by atoms with Gasteiger partial charge in [-0.1, -0.05) is 24.3 Å². The summed E-state index contributed by atoms with van der Waals surface area (Å²) < 4.78 is 4.74. The number of hydrogen-bond donors (Lipinski definition) is 0. The molecule has 0 fully saturated rings. The van der Waals surface area contributed by atoms with E-state index in [0.717, 1.165) is 6.42 Å². The fourth-order valence-electron chi connectivity index (χ4n) is 5.56. The number of aryl methyl sites for hydroxylation is 3. The summed E-state index contributed by atoms with van der Waals surface area (Å²) in [6.45, 7) is 16.1.